The number of rotatable bonds is 4. The maximum absolute atomic E-state index is 13.3. The summed E-state index contributed by atoms with van der Waals surface area (Å²) in [5.41, 5.74) is 1.05. The molecule has 0 amide bonds. The number of halogens is 3. The standard InChI is InChI=1S/C14H19FN2.2ClH/c1-2-4-14(17-9-7-16-8-10-17)12-5-3-6-13(15)11-12;;/h2-3,5-6,11,14,16H,1,4,7-10H2;2*1H/t14-;;/m0../s1. The quantitative estimate of drug-likeness (QED) is 0.860. The van der Waals surface area contributed by atoms with Crippen molar-refractivity contribution in [1.82, 2.24) is 10.2 Å². The summed E-state index contributed by atoms with van der Waals surface area (Å²) in [6.45, 7) is 7.83. The third kappa shape index (κ3) is 5.11. The molecule has 0 radical (unpaired) electrons. The summed E-state index contributed by atoms with van der Waals surface area (Å²) in [6.07, 6.45) is 2.78. The molecule has 1 N–H and O–H groups in total. The van der Waals surface area contributed by atoms with Crippen LogP contribution in [0.25, 0.3) is 0 Å². The fraction of sp³-hybridized carbons (Fsp3) is 0.429. The summed E-state index contributed by atoms with van der Waals surface area (Å²) in [5, 5.41) is 3.33. The molecule has 0 aromatic heterocycles. The zero-order valence-corrected chi connectivity index (χ0v) is 12.5. The molecular weight excluding hydrogens is 286 g/mol. The lowest BCUT2D eigenvalue weighted by molar-refractivity contribution is 0.174. The lowest BCUT2D eigenvalue weighted by Crippen LogP contribution is -2.45. The third-order valence-corrected chi connectivity index (χ3v) is 3.22. The van der Waals surface area contributed by atoms with E-state index in [1.54, 1.807) is 12.1 Å². The van der Waals surface area contributed by atoms with Gasteiger partial charge < -0.3 is 5.32 Å². The van der Waals surface area contributed by atoms with Crippen LogP contribution >= 0.6 is 24.8 Å². The number of benzene rings is 1. The van der Waals surface area contributed by atoms with E-state index in [-0.39, 0.29) is 36.7 Å². The van der Waals surface area contributed by atoms with Crippen molar-refractivity contribution in [1.29, 1.82) is 0 Å². The van der Waals surface area contributed by atoms with E-state index >= 15 is 0 Å². The van der Waals surface area contributed by atoms with Crippen molar-refractivity contribution in [3.63, 3.8) is 0 Å². The van der Waals surface area contributed by atoms with Crippen LogP contribution in [0.2, 0.25) is 0 Å². The summed E-state index contributed by atoms with van der Waals surface area (Å²) in [6, 6.07) is 7.16. The van der Waals surface area contributed by atoms with E-state index in [0.29, 0.717) is 0 Å². The predicted molar refractivity (Wildman–Crippen MR) is 82.9 cm³/mol. The van der Waals surface area contributed by atoms with E-state index in [1.165, 1.54) is 6.07 Å². The smallest absolute Gasteiger partial charge is 0.123 e. The van der Waals surface area contributed by atoms with Gasteiger partial charge in [-0.25, -0.2) is 4.39 Å². The highest BCUT2D eigenvalue weighted by molar-refractivity contribution is 5.85. The average Bonchev–Trinajstić information content (AvgIpc) is 2.37. The van der Waals surface area contributed by atoms with Crippen LogP contribution in [0.15, 0.2) is 36.9 Å². The Labute approximate surface area is 126 Å². The van der Waals surface area contributed by atoms with E-state index in [0.717, 1.165) is 38.2 Å². The molecule has 2 nitrogen and oxygen atoms in total. The fourth-order valence-electron chi connectivity index (χ4n) is 2.36. The normalized spacial score (nSPS) is 16.9. The van der Waals surface area contributed by atoms with E-state index in [9.17, 15) is 4.39 Å². The molecule has 1 aliphatic heterocycles. The molecule has 1 aliphatic rings. The monoisotopic (exact) mass is 306 g/mol. The molecule has 1 atom stereocenters. The number of hydrogen-bond acceptors (Lipinski definition) is 2. The first-order valence-corrected chi connectivity index (χ1v) is 6.12. The number of piperazine rings is 1. The van der Waals surface area contributed by atoms with Crippen LogP contribution in [0.5, 0.6) is 0 Å². The third-order valence-electron chi connectivity index (χ3n) is 3.22. The molecule has 19 heavy (non-hydrogen) atoms. The van der Waals surface area contributed by atoms with Crippen molar-refractivity contribution in [3.8, 4) is 0 Å². The molecule has 0 unspecified atom stereocenters. The van der Waals surface area contributed by atoms with Crippen molar-refractivity contribution in [2.45, 2.75) is 12.5 Å². The first-order chi connectivity index (χ1) is 8.31. The van der Waals surface area contributed by atoms with Crippen LogP contribution in [0.4, 0.5) is 4.39 Å². The van der Waals surface area contributed by atoms with Crippen LogP contribution in [-0.2, 0) is 0 Å². The molecule has 1 heterocycles. The van der Waals surface area contributed by atoms with Crippen LogP contribution in [-0.4, -0.2) is 31.1 Å². The average molecular weight is 307 g/mol. The Morgan fingerprint density at radius 2 is 2.00 bits per heavy atom. The first-order valence-electron chi connectivity index (χ1n) is 6.12. The van der Waals surface area contributed by atoms with Gasteiger partial charge in [0.1, 0.15) is 5.82 Å². The minimum atomic E-state index is -0.160. The van der Waals surface area contributed by atoms with Crippen molar-refractivity contribution in [2.75, 3.05) is 26.2 Å². The first kappa shape index (κ1) is 18.4. The van der Waals surface area contributed by atoms with E-state index in [4.69, 9.17) is 0 Å². The van der Waals surface area contributed by atoms with Gasteiger partial charge in [-0.05, 0) is 24.1 Å². The van der Waals surface area contributed by atoms with Crippen molar-refractivity contribution < 1.29 is 4.39 Å². The molecule has 1 aromatic rings. The maximum Gasteiger partial charge on any atom is 0.123 e. The van der Waals surface area contributed by atoms with Gasteiger partial charge in [-0.1, -0.05) is 18.2 Å². The van der Waals surface area contributed by atoms with Crippen LogP contribution in [0.3, 0.4) is 0 Å². The van der Waals surface area contributed by atoms with Gasteiger partial charge in [0.05, 0.1) is 0 Å². The molecule has 0 saturated carbocycles. The lowest BCUT2D eigenvalue weighted by Gasteiger charge is -2.34. The molecule has 0 bridgehead atoms. The van der Waals surface area contributed by atoms with Gasteiger partial charge in [0, 0.05) is 32.2 Å². The number of nitrogens with one attached hydrogen (secondary N) is 1. The topological polar surface area (TPSA) is 15.3 Å². The second-order valence-corrected chi connectivity index (χ2v) is 4.38. The highest BCUT2D eigenvalue weighted by Gasteiger charge is 2.21. The summed E-state index contributed by atoms with van der Waals surface area (Å²) < 4.78 is 13.3. The maximum atomic E-state index is 13.3. The van der Waals surface area contributed by atoms with Gasteiger partial charge >= 0.3 is 0 Å². The molecule has 0 spiro atoms. The second kappa shape index (κ2) is 9.32. The van der Waals surface area contributed by atoms with Gasteiger partial charge in [-0.3, -0.25) is 4.90 Å². The summed E-state index contributed by atoms with van der Waals surface area (Å²) in [7, 11) is 0. The van der Waals surface area contributed by atoms with E-state index < -0.39 is 0 Å². The minimum Gasteiger partial charge on any atom is -0.314 e. The highest BCUT2D eigenvalue weighted by Crippen LogP contribution is 2.25. The zero-order chi connectivity index (χ0) is 12.1. The molecule has 2 rings (SSSR count). The van der Waals surface area contributed by atoms with E-state index in [1.807, 2.05) is 12.1 Å². The van der Waals surface area contributed by atoms with Crippen LogP contribution in [0.1, 0.15) is 18.0 Å². The molecule has 1 aromatic carbocycles. The Balaban J connectivity index is 0.00000162. The lowest BCUT2D eigenvalue weighted by atomic mass is 10.0. The minimum absolute atomic E-state index is 0. The van der Waals surface area contributed by atoms with Gasteiger partial charge in [-0.15, -0.1) is 31.4 Å². The Kier molecular flexibility index (Phi) is 9.02. The molecular formula is C14H21Cl2FN2. The van der Waals surface area contributed by atoms with E-state index in [2.05, 4.69) is 16.8 Å². The zero-order valence-electron chi connectivity index (χ0n) is 10.8. The van der Waals surface area contributed by atoms with Gasteiger partial charge in [0.2, 0.25) is 0 Å². The van der Waals surface area contributed by atoms with Crippen LogP contribution in [0, 0.1) is 5.82 Å². The van der Waals surface area contributed by atoms with Gasteiger partial charge in [-0.2, -0.15) is 0 Å². The summed E-state index contributed by atoms with van der Waals surface area (Å²) in [5.74, 6) is -0.160. The molecule has 5 heteroatoms. The Morgan fingerprint density at radius 3 is 2.58 bits per heavy atom. The highest BCUT2D eigenvalue weighted by atomic mass is 35.5. The summed E-state index contributed by atoms with van der Waals surface area (Å²) in [4.78, 5) is 2.40. The van der Waals surface area contributed by atoms with Crippen molar-refractivity contribution in [2.24, 2.45) is 0 Å². The summed E-state index contributed by atoms with van der Waals surface area (Å²) >= 11 is 0. The Morgan fingerprint density at radius 1 is 1.32 bits per heavy atom. The number of hydrogen-bond donors (Lipinski definition) is 1. The molecule has 1 saturated heterocycles. The predicted octanol–water partition coefficient (Wildman–Crippen LogP) is 3.19. The number of nitrogens with zero attached hydrogens (tertiary/aromatic N) is 1. The Hall–Kier alpha value is -0.610. The molecule has 108 valence electrons. The molecule has 1 fully saturated rings. The van der Waals surface area contributed by atoms with Crippen molar-refractivity contribution in [3.05, 3.63) is 48.3 Å². The fourth-order valence-corrected chi connectivity index (χ4v) is 2.36. The largest absolute Gasteiger partial charge is 0.314 e. The SMILES string of the molecule is C=CC[C@@H](c1cccc(F)c1)N1CCNCC1.Cl.Cl. The van der Waals surface area contributed by atoms with Gasteiger partial charge in [0.15, 0.2) is 0 Å². The second-order valence-electron chi connectivity index (χ2n) is 4.38. The van der Waals surface area contributed by atoms with Crippen molar-refractivity contribution >= 4 is 24.8 Å². The molecule has 0 aliphatic carbocycles. The Bertz CT molecular complexity index is 381. The van der Waals surface area contributed by atoms with Crippen LogP contribution < -0.4 is 5.32 Å². The van der Waals surface area contributed by atoms with Gasteiger partial charge in [0.25, 0.3) is 0 Å².